The molecule has 1 aliphatic heterocycles. The Morgan fingerprint density at radius 2 is 2.23 bits per heavy atom. The Morgan fingerprint density at radius 3 is 2.95 bits per heavy atom. The first kappa shape index (κ1) is 15.1. The van der Waals surface area contributed by atoms with E-state index in [2.05, 4.69) is 27.9 Å². The van der Waals surface area contributed by atoms with Gasteiger partial charge in [-0.1, -0.05) is 6.07 Å². The van der Waals surface area contributed by atoms with Crippen molar-refractivity contribution >= 4 is 40.1 Å². The zero-order valence-corrected chi connectivity index (χ0v) is 13.9. The first-order valence-electron chi connectivity index (χ1n) is 6.98. The van der Waals surface area contributed by atoms with Crippen LogP contribution in [0.5, 0.6) is 0 Å². The van der Waals surface area contributed by atoms with Crippen molar-refractivity contribution in [3.63, 3.8) is 0 Å². The first-order chi connectivity index (χ1) is 10.6. The van der Waals surface area contributed by atoms with Crippen LogP contribution in [0.4, 0.5) is 5.69 Å². The van der Waals surface area contributed by atoms with Gasteiger partial charge in [0.2, 0.25) is 11.8 Å². The standard InChI is InChI=1S/C16H15IN2O3/c17-12-3-1-4-13(8-12)18-16(21)11-7-15(20)19(9-11)10-14-5-2-6-22-14/h1-6,8,11H,7,9-10H2,(H,18,21)/t11-/m0/s1. The number of likely N-dealkylation sites (tertiary alicyclic amines) is 1. The molecule has 6 heteroatoms. The Kier molecular flexibility index (Phi) is 4.47. The largest absolute Gasteiger partial charge is 0.467 e. The molecule has 2 heterocycles. The van der Waals surface area contributed by atoms with E-state index in [0.717, 1.165) is 15.0 Å². The number of rotatable bonds is 4. The number of carbonyl (C=O) groups excluding carboxylic acids is 2. The van der Waals surface area contributed by atoms with Crippen LogP contribution in [0.1, 0.15) is 12.2 Å². The Morgan fingerprint density at radius 1 is 1.36 bits per heavy atom. The number of hydrogen-bond donors (Lipinski definition) is 1. The maximum Gasteiger partial charge on any atom is 0.229 e. The maximum atomic E-state index is 12.3. The van der Waals surface area contributed by atoms with Crippen LogP contribution in [0.15, 0.2) is 47.1 Å². The fourth-order valence-electron chi connectivity index (χ4n) is 2.50. The highest BCUT2D eigenvalue weighted by Gasteiger charge is 2.34. The summed E-state index contributed by atoms with van der Waals surface area (Å²) in [7, 11) is 0. The molecule has 0 aliphatic carbocycles. The predicted molar refractivity (Wildman–Crippen MR) is 90.0 cm³/mol. The van der Waals surface area contributed by atoms with Crippen molar-refractivity contribution < 1.29 is 14.0 Å². The van der Waals surface area contributed by atoms with Gasteiger partial charge in [0.05, 0.1) is 18.7 Å². The highest BCUT2D eigenvalue weighted by Crippen LogP contribution is 2.22. The van der Waals surface area contributed by atoms with Crippen LogP contribution >= 0.6 is 22.6 Å². The van der Waals surface area contributed by atoms with E-state index in [9.17, 15) is 9.59 Å². The van der Waals surface area contributed by atoms with Crippen molar-refractivity contribution in [2.24, 2.45) is 5.92 Å². The molecule has 0 saturated carbocycles. The molecule has 1 aliphatic rings. The lowest BCUT2D eigenvalue weighted by atomic mass is 10.1. The number of carbonyl (C=O) groups is 2. The molecule has 114 valence electrons. The number of hydrogen-bond acceptors (Lipinski definition) is 3. The van der Waals surface area contributed by atoms with Gasteiger partial charge in [0.25, 0.3) is 0 Å². The lowest BCUT2D eigenvalue weighted by Gasteiger charge is -2.15. The van der Waals surface area contributed by atoms with Crippen molar-refractivity contribution in [3.05, 3.63) is 52.0 Å². The molecule has 1 fully saturated rings. The van der Waals surface area contributed by atoms with Gasteiger partial charge in [0.15, 0.2) is 0 Å². The van der Waals surface area contributed by atoms with E-state index >= 15 is 0 Å². The molecule has 1 saturated heterocycles. The van der Waals surface area contributed by atoms with Crippen LogP contribution in [-0.2, 0) is 16.1 Å². The average Bonchev–Trinajstić information content (AvgIpc) is 3.10. The van der Waals surface area contributed by atoms with Crippen LogP contribution in [-0.4, -0.2) is 23.3 Å². The van der Waals surface area contributed by atoms with Gasteiger partial charge in [-0.25, -0.2) is 0 Å². The van der Waals surface area contributed by atoms with E-state index in [1.54, 1.807) is 17.2 Å². The van der Waals surface area contributed by atoms with Crippen LogP contribution in [0.25, 0.3) is 0 Å². The summed E-state index contributed by atoms with van der Waals surface area (Å²) in [6, 6.07) is 11.2. The van der Waals surface area contributed by atoms with Crippen molar-refractivity contribution in [3.8, 4) is 0 Å². The Hall–Kier alpha value is -1.83. The molecule has 0 bridgehead atoms. The number of nitrogens with one attached hydrogen (secondary N) is 1. The third kappa shape index (κ3) is 3.49. The third-order valence-corrected chi connectivity index (χ3v) is 4.28. The van der Waals surface area contributed by atoms with E-state index < -0.39 is 0 Å². The number of amides is 2. The second-order valence-corrected chi connectivity index (χ2v) is 6.50. The maximum absolute atomic E-state index is 12.3. The minimum absolute atomic E-state index is 0.0146. The molecule has 5 nitrogen and oxygen atoms in total. The number of halogens is 1. The van der Waals surface area contributed by atoms with E-state index in [-0.39, 0.29) is 24.2 Å². The number of furan rings is 1. The molecule has 1 N–H and O–H groups in total. The lowest BCUT2D eigenvalue weighted by molar-refractivity contribution is -0.128. The van der Waals surface area contributed by atoms with Gasteiger partial charge in [-0.2, -0.15) is 0 Å². The van der Waals surface area contributed by atoms with Gasteiger partial charge in [-0.05, 0) is 52.9 Å². The van der Waals surface area contributed by atoms with E-state index in [4.69, 9.17) is 4.42 Å². The number of nitrogens with zero attached hydrogens (tertiary/aromatic N) is 1. The molecule has 0 unspecified atom stereocenters. The summed E-state index contributed by atoms with van der Waals surface area (Å²) < 4.78 is 6.31. The molecule has 0 spiro atoms. The van der Waals surface area contributed by atoms with Crippen molar-refractivity contribution in [1.82, 2.24) is 4.90 Å². The minimum atomic E-state index is -0.319. The minimum Gasteiger partial charge on any atom is -0.467 e. The smallest absolute Gasteiger partial charge is 0.229 e. The molecular formula is C16H15IN2O3. The average molecular weight is 410 g/mol. The van der Waals surface area contributed by atoms with Crippen LogP contribution < -0.4 is 5.32 Å². The Labute approximate surface area is 141 Å². The summed E-state index contributed by atoms with van der Waals surface area (Å²) in [5.74, 6) is 0.281. The van der Waals surface area contributed by atoms with Crippen molar-refractivity contribution in [2.75, 3.05) is 11.9 Å². The molecule has 3 rings (SSSR count). The van der Waals surface area contributed by atoms with Gasteiger partial charge in [-0.3, -0.25) is 9.59 Å². The summed E-state index contributed by atoms with van der Waals surface area (Å²) in [5.41, 5.74) is 0.758. The molecule has 1 atom stereocenters. The summed E-state index contributed by atoms with van der Waals surface area (Å²) in [6.45, 7) is 0.841. The molecule has 1 aromatic carbocycles. The fraction of sp³-hybridized carbons (Fsp3) is 0.250. The molecular weight excluding hydrogens is 395 g/mol. The molecule has 22 heavy (non-hydrogen) atoms. The van der Waals surface area contributed by atoms with Crippen LogP contribution in [0.2, 0.25) is 0 Å². The van der Waals surface area contributed by atoms with Gasteiger partial charge in [0, 0.05) is 22.2 Å². The van der Waals surface area contributed by atoms with Gasteiger partial charge in [-0.15, -0.1) is 0 Å². The second-order valence-electron chi connectivity index (χ2n) is 5.25. The molecule has 2 amide bonds. The van der Waals surface area contributed by atoms with Gasteiger partial charge >= 0.3 is 0 Å². The quantitative estimate of drug-likeness (QED) is 0.789. The van der Waals surface area contributed by atoms with Crippen LogP contribution in [0.3, 0.4) is 0 Å². The third-order valence-electron chi connectivity index (χ3n) is 3.60. The summed E-state index contributed by atoms with van der Waals surface area (Å²) in [4.78, 5) is 26.0. The lowest BCUT2D eigenvalue weighted by Crippen LogP contribution is -2.27. The number of anilines is 1. The van der Waals surface area contributed by atoms with E-state index in [1.807, 2.05) is 30.3 Å². The highest BCUT2D eigenvalue weighted by atomic mass is 127. The molecule has 2 aromatic rings. The molecule has 1 aromatic heterocycles. The summed E-state index contributed by atoms with van der Waals surface area (Å²) >= 11 is 2.19. The topological polar surface area (TPSA) is 62.6 Å². The second kappa shape index (κ2) is 6.51. The summed E-state index contributed by atoms with van der Waals surface area (Å²) in [5, 5.41) is 2.88. The zero-order valence-electron chi connectivity index (χ0n) is 11.8. The van der Waals surface area contributed by atoms with Gasteiger partial charge in [0.1, 0.15) is 5.76 Å². The molecule has 0 radical (unpaired) electrons. The Balaban J connectivity index is 1.61. The zero-order chi connectivity index (χ0) is 15.5. The van der Waals surface area contributed by atoms with E-state index in [1.165, 1.54) is 0 Å². The number of benzene rings is 1. The highest BCUT2D eigenvalue weighted by molar-refractivity contribution is 14.1. The first-order valence-corrected chi connectivity index (χ1v) is 8.06. The monoisotopic (exact) mass is 410 g/mol. The normalized spacial score (nSPS) is 17.8. The van der Waals surface area contributed by atoms with Gasteiger partial charge < -0.3 is 14.6 Å². The van der Waals surface area contributed by atoms with E-state index in [0.29, 0.717) is 13.1 Å². The van der Waals surface area contributed by atoms with Crippen molar-refractivity contribution in [1.29, 1.82) is 0 Å². The summed E-state index contributed by atoms with van der Waals surface area (Å²) in [6.07, 6.45) is 1.83. The Bertz CT molecular complexity index is 684. The van der Waals surface area contributed by atoms with Crippen molar-refractivity contribution in [2.45, 2.75) is 13.0 Å². The fourth-order valence-corrected chi connectivity index (χ4v) is 3.04. The SMILES string of the molecule is O=C(Nc1cccc(I)c1)[C@H]1CC(=O)N(Cc2ccco2)C1. The predicted octanol–water partition coefficient (Wildman–Crippen LogP) is 2.87. The van der Waals surface area contributed by atoms with Crippen LogP contribution in [0, 0.1) is 9.49 Å².